The fourth-order valence-electron chi connectivity index (χ4n) is 2.45. The molecule has 1 amide bonds. The Balaban J connectivity index is 1.74. The Kier molecular flexibility index (Phi) is 5.21. The van der Waals surface area contributed by atoms with Gasteiger partial charge in [0.1, 0.15) is 0 Å². The summed E-state index contributed by atoms with van der Waals surface area (Å²) in [6.45, 7) is 1.49. The largest absolute Gasteiger partial charge is 0.338 e. The maximum absolute atomic E-state index is 12.1. The molecule has 1 aromatic rings. The number of thiophene rings is 1. The fraction of sp³-hybridized carbons (Fsp3) is 0.615. The minimum atomic E-state index is 0.276. The Morgan fingerprint density at radius 1 is 1.56 bits per heavy atom. The van der Waals surface area contributed by atoms with Gasteiger partial charge in [0.05, 0.1) is 3.79 Å². The molecule has 5 heteroatoms. The van der Waals surface area contributed by atoms with Gasteiger partial charge in [-0.3, -0.25) is 4.79 Å². The number of carbonyl (C=O) groups is 1. The first kappa shape index (κ1) is 14.0. The molecule has 1 saturated heterocycles. The number of carbonyl (C=O) groups excluding carboxylic acids is 1. The summed E-state index contributed by atoms with van der Waals surface area (Å²) < 4.78 is 1.16. The molecule has 2 heterocycles. The zero-order chi connectivity index (χ0) is 13.0. The third kappa shape index (κ3) is 3.56. The molecule has 18 heavy (non-hydrogen) atoms. The third-order valence-electron chi connectivity index (χ3n) is 3.41. The fourth-order valence-corrected chi connectivity index (χ4v) is 3.98. The summed E-state index contributed by atoms with van der Waals surface area (Å²) in [5.41, 5.74) is 5.69. The molecular formula is C13H19BrN2OS. The monoisotopic (exact) mass is 330 g/mol. The van der Waals surface area contributed by atoms with Crippen LogP contribution < -0.4 is 5.73 Å². The van der Waals surface area contributed by atoms with Gasteiger partial charge in [-0.05, 0) is 53.7 Å². The SMILES string of the molecule is NCC1CCCN1C(=O)CCCc1ccc(Br)s1. The Bertz CT molecular complexity index is 407. The number of amides is 1. The van der Waals surface area contributed by atoms with Crippen LogP contribution in [0.3, 0.4) is 0 Å². The molecule has 1 unspecified atom stereocenters. The summed E-state index contributed by atoms with van der Waals surface area (Å²) in [4.78, 5) is 15.4. The van der Waals surface area contributed by atoms with Crippen molar-refractivity contribution in [2.45, 2.75) is 38.1 Å². The number of nitrogens with zero attached hydrogens (tertiary/aromatic N) is 1. The van der Waals surface area contributed by atoms with E-state index in [-0.39, 0.29) is 11.9 Å². The maximum Gasteiger partial charge on any atom is 0.222 e. The van der Waals surface area contributed by atoms with Gasteiger partial charge in [0.25, 0.3) is 0 Å². The van der Waals surface area contributed by atoms with Crippen LogP contribution in [0.2, 0.25) is 0 Å². The Morgan fingerprint density at radius 3 is 3.06 bits per heavy atom. The third-order valence-corrected chi connectivity index (χ3v) is 5.10. The number of nitrogens with two attached hydrogens (primary N) is 1. The molecule has 1 aliphatic rings. The predicted octanol–water partition coefficient (Wildman–Crippen LogP) is 2.78. The first-order chi connectivity index (χ1) is 8.70. The van der Waals surface area contributed by atoms with Gasteiger partial charge < -0.3 is 10.6 Å². The van der Waals surface area contributed by atoms with Crippen LogP contribution in [0.15, 0.2) is 15.9 Å². The minimum absolute atomic E-state index is 0.276. The van der Waals surface area contributed by atoms with Crippen LogP contribution in [0.1, 0.15) is 30.6 Å². The molecule has 2 rings (SSSR count). The molecule has 0 radical (unpaired) electrons. The highest BCUT2D eigenvalue weighted by atomic mass is 79.9. The molecule has 1 aliphatic heterocycles. The van der Waals surface area contributed by atoms with Crippen molar-refractivity contribution in [3.63, 3.8) is 0 Å². The van der Waals surface area contributed by atoms with E-state index in [0.29, 0.717) is 13.0 Å². The van der Waals surface area contributed by atoms with Crippen LogP contribution in [0.5, 0.6) is 0 Å². The molecule has 0 saturated carbocycles. The van der Waals surface area contributed by atoms with E-state index in [0.717, 1.165) is 36.0 Å². The van der Waals surface area contributed by atoms with Gasteiger partial charge in [0.15, 0.2) is 0 Å². The molecule has 1 aromatic heterocycles. The lowest BCUT2D eigenvalue weighted by atomic mass is 10.2. The Morgan fingerprint density at radius 2 is 2.39 bits per heavy atom. The van der Waals surface area contributed by atoms with Gasteiger partial charge in [-0.15, -0.1) is 11.3 Å². The average Bonchev–Trinajstić information content (AvgIpc) is 2.97. The zero-order valence-corrected chi connectivity index (χ0v) is 12.8. The predicted molar refractivity (Wildman–Crippen MR) is 78.7 cm³/mol. The minimum Gasteiger partial charge on any atom is -0.338 e. The molecule has 3 nitrogen and oxygen atoms in total. The maximum atomic E-state index is 12.1. The molecule has 2 N–H and O–H groups in total. The average molecular weight is 331 g/mol. The molecule has 1 fully saturated rings. The summed E-state index contributed by atoms with van der Waals surface area (Å²) in [5, 5.41) is 0. The van der Waals surface area contributed by atoms with Crippen LogP contribution in [0.25, 0.3) is 0 Å². The molecule has 0 spiro atoms. The van der Waals surface area contributed by atoms with Crippen LogP contribution in [0.4, 0.5) is 0 Å². The number of aryl methyl sites for hydroxylation is 1. The number of rotatable bonds is 5. The van der Waals surface area contributed by atoms with Gasteiger partial charge in [0.2, 0.25) is 5.91 Å². The van der Waals surface area contributed by atoms with Crippen molar-refractivity contribution in [3.05, 3.63) is 20.8 Å². The lowest BCUT2D eigenvalue weighted by Crippen LogP contribution is -2.39. The normalized spacial score (nSPS) is 19.4. The lowest BCUT2D eigenvalue weighted by molar-refractivity contribution is -0.131. The summed E-state index contributed by atoms with van der Waals surface area (Å²) in [7, 11) is 0. The van der Waals surface area contributed by atoms with Crippen molar-refractivity contribution in [3.8, 4) is 0 Å². The number of hydrogen-bond donors (Lipinski definition) is 1. The van der Waals surface area contributed by atoms with E-state index in [2.05, 4.69) is 28.1 Å². The van der Waals surface area contributed by atoms with Crippen molar-refractivity contribution >= 4 is 33.2 Å². The summed E-state index contributed by atoms with van der Waals surface area (Å²) >= 11 is 5.20. The summed E-state index contributed by atoms with van der Waals surface area (Å²) in [5.74, 6) is 0.276. The van der Waals surface area contributed by atoms with Crippen molar-refractivity contribution in [1.82, 2.24) is 4.90 Å². The molecular weight excluding hydrogens is 312 g/mol. The topological polar surface area (TPSA) is 46.3 Å². The van der Waals surface area contributed by atoms with Gasteiger partial charge >= 0.3 is 0 Å². The van der Waals surface area contributed by atoms with Gasteiger partial charge in [-0.2, -0.15) is 0 Å². The van der Waals surface area contributed by atoms with E-state index in [1.54, 1.807) is 11.3 Å². The molecule has 100 valence electrons. The lowest BCUT2D eigenvalue weighted by Gasteiger charge is -2.23. The zero-order valence-electron chi connectivity index (χ0n) is 10.4. The van der Waals surface area contributed by atoms with Gasteiger partial charge in [0, 0.05) is 30.4 Å². The highest BCUT2D eigenvalue weighted by Gasteiger charge is 2.26. The van der Waals surface area contributed by atoms with E-state index < -0.39 is 0 Å². The van der Waals surface area contributed by atoms with E-state index in [1.807, 2.05) is 4.90 Å². The molecule has 0 aliphatic carbocycles. The second kappa shape index (κ2) is 6.68. The quantitative estimate of drug-likeness (QED) is 0.902. The van der Waals surface area contributed by atoms with Crippen LogP contribution in [-0.2, 0) is 11.2 Å². The number of hydrogen-bond acceptors (Lipinski definition) is 3. The van der Waals surface area contributed by atoms with E-state index in [1.165, 1.54) is 4.88 Å². The van der Waals surface area contributed by atoms with Crippen molar-refractivity contribution in [2.75, 3.05) is 13.1 Å². The van der Waals surface area contributed by atoms with Gasteiger partial charge in [-0.25, -0.2) is 0 Å². The standard InChI is InChI=1S/C13H19BrN2OS/c14-12-7-6-11(18-12)4-1-5-13(17)16-8-2-3-10(16)9-15/h6-7,10H,1-5,8-9,15H2. The van der Waals surface area contributed by atoms with E-state index in [4.69, 9.17) is 5.73 Å². The van der Waals surface area contributed by atoms with Crippen LogP contribution >= 0.6 is 27.3 Å². The van der Waals surface area contributed by atoms with E-state index in [9.17, 15) is 4.79 Å². The van der Waals surface area contributed by atoms with Crippen molar-refractivity contribution < 1.29 is 4.79 Å². The second-order valence-corrected chi connectivity index (χ2v) is 7.23. The number of likely N-dealkylation sites (tertiary alicyclic amines) is 1. The van der Waals surface area contributed by atoms with Crippen LogP contribution in [0, 0.1) is 0 Å². The van der Waals surface area contributed by atoms with Crippen molar-refractivity contribution in [1.29, 1.82) is 0 Å². The first-order valence-corrected chi connectivity index (χ1v) is 8.05. The highest BCUT2D eigenvalue weighted by Crippen LogP contribution is 2.24. The Hall–Kier alpha value is -0.390. The first-order valence-electron chi connectivity index (χ1n) is 6.44. The summed E-state index contributed by atoms with van der Waals surface area (Å²) in [6.07, 6.45) is 4.74. The second-order valence-electron chi connectivity index (χ2n) is 4.68. The summed E-state index contributed by atoms with van der Waals surface area (Å²) in [6, 6.07) is 4.47. The Labute approximate surface area is 120 Å². The van der Waals surface area contributed by atoms with Gasteiger partial charge in [-0.1, -0.05) is 0 Å². The molecule has 0 bridgehead atoms. The van der Waals surface area contributed by atoms with E-state index >= 15 is 0 Å². The number of halogens is 1. The molecule has 0 aromatic carbocycles. The van der Waals surface area contributed by atoms with Crippen molar-refractivity contribution in [2.24, 2.45) is 5.73 Å². The molecule has 1 atom stereocenters. The smallest absolute Gasteiger partial charge is 0.222 e. The highest BCUT2D eigenvalue weighted by molar-refractivity contribution is 9.11. The van der Waals surface area contributed by atoms with Crippen LogP contribution in [-0.4, -0.2) is 29.9 Å².